The van der Waals surface area contributed by atoms with E-state index in [1.807, 2.05) is 50.2 Å². The number of amides is 2. The highest BCUT2D eigenvalue weighted by molar-refractivity contribution is 6.30. The number of carbonyl (C=O) groups excluding carboxylic acids is 2. The molecule has 0 aliphatic heterocycles. The van der Waals surface area contributed by atoms with Gasteiger partial charge in [0, 0.05) is 18.1 Å². The van der Waals surface area contributed by atoms with E-state index in [1.165, 1.54) is 0 Å². The lowest BCUT2D eigenvalue weighted by Gasteiger charge is -2.29. The van der Waals surface area contributed by atoms with E-state index in [1.54, 1.807) is 24.0 Å². The zero-order valence-electron chi connectivity index (χ0n) is 16.2. The summed E-state index contributed by atoms with van der Waals surface area (Å²) < 4.78 is 0. The molecule has 144 valence electrons. The van der Waals surface area contributed by atoms with Crippen LogP contribution in [-0.2, 0) is 22.6 Å². The first-order valence-electron chi connectivity index (χ1n) is 9.28. The van der Waals surface area contributed by atoms with E-state index < -0.39 is 6.04 Å². The molecule has 0 saturated heterocycles. The molecule has 5 heteroatoms. The van der Waals surface area contributed by atoms with Crippen LogP contribution in [0, 0.1) is 6.92 Å². The molecule has 0 spiro atoms. The van der Waals surface area contributed by atoms with Crippen LogP contribution in [0.4, 0.5) is 0 Å². The first-order valence-corrected chi connectivity index (χ1v) is 9.65. The summed E-state index contributed by atoms with van der Waals surface area (Å²) in [7, 11) is 0. The van der Waals surface area contributed by atoms with E-state index in [4.69, 9.17) is 11.6 Å². The molecular weight excluding hydrogens is 360 g/mol. The average molecular weight is 387 g/mol. The van der Waals surface area contributed by atoms with Gasteiger partial charge in [0.15, 0.2) is 0 Å². The second-order valence-corrected chi connectivity index (χ2v) is 7.21. The minimum atomic E-state index is -0.544. The molecule has 0 saturated carbocycles. The van der Waals surface area contributed by atoms with Crippen molar-refractivity contribution in [1.29, 1.82) is 0 Å². The highest BCUT2D eigenvalue weighted by Gasteiger charge is 2.25. The summed E-state index contributed by atoms with van der Waals surface area (Å²) in [4.78, 5) is 27.1. The zero-order valence-corrected chi connectivity index (χ0v) is 16.9. The van der Waals surface area contributed by atoms with Gasteiger partial charge in [0.2, 0.25) is 11.8 Å². The Kier molecular flexibility index (Phi) is 7.86. The minimum Gasteiger partial charge on any atom is -0.354 e. The third kappa shape index (κ3) is 6.40. The highest BCUT2D eigenvalue weighted by atomic mass is 35.5. The number of hydrogen-bond acceptors (Lipinski definition) is 2. The summed E-state index contributed by atoms with van der Waals surface area (Å²) in [6.45, 7) is 6.80. The number of aryl methyl sites for hydroxylation is 1. The Bertz CT molecular complexity index is 757. The number of benzene rings is 2. The van der Waals surface area contributed by atoms with Crippen molar-refractivity contribution in [2.75, 3.05) is 6.54 Å². The van der Waals surface area contributed by atoms with Crippen molar-refractivity contribution >= 4 is 23.4 Å². The van der Waals surface area contributed by atoms with E-state index in [0.717, 1.165) is 23.1 Å². The van der Waals surface area contributed by atoms with Crippen LogP contribution < -0.4 is 5.32 Å². The van der Waals surface area contributed by atoms with Crippen molar-refractivity contribution in [3.63, 3.8) is 0 Å². The molecule has 1 N–H and O–H groups in total. The zero-order chi connectivity index (χ0) is 19.8. The van der Waals surface area contributed by atoms with Crippen LogP contribution in [0.2, 0.25) is 5.02 Å². The monoisotopic (exact) mass is 386 g/mol. The maximum Gasteiger partial charge on any atom is 0.242 e. The number of halogens is 1. The molecule has 0 fully saturated rings. The van der Waals surface area contributed by atoms with E-state index in [-0.39, 0.29) is 18.2 Å². The summed E-state index contributed by atoms with van der Waals surface area (Å²) in [5, 5.41) is 3.52. The molecule has 1 atom stereocenters. The largest absolute Gasteiger partial charge is 0.354 e. The van der Waals surface area contributed by atoms with Gasteiger partial charge in [-0.15, -0.1) is 0 Å². The lowest BCUT2D eigenvalue weighted by atomic mass is 10.1. The van der Waals surface area contributed by atoms with E-state index in [9.17, 15) is 9.59 Å². The summed E-state index contributed by atoms with van der Waals surface area (Å²) in [5.74, 6) is -0.217. The van der Waals surface area contributed by atoms with Crippen LogP contribution in [-0.4, -0.2) is 29.3 Å². The molecular formula is C22H27ClN2O2. The number of nitrogens with one attached hydrogen (secondary N) is 1. The Morgan fingerprint density at radius 2 is 1.63 bits per heavy atom. The Morgan fingerprint density at radius 3 is 2.22 bits per heavy atom. The summed E-state index contributed by atoms with van der Waals surface area (Å²) in [5.41, 5.74) is 3.03. The van der Waals surface area contributed by atoms with Gasteiger partial charge in [-0.3, -0.25) is 9.59 Å². The van der Waals surface area contributed by atoms with Gasteiger partial charge in [-0.2, -0.15) is 0 Å². The minimum absolute atomic E-state index is 0.0861. The lowest BCUT2D eigenvalue weighted by molar-refractivity contribution is -0.140. The maximum absolute atomic E-state index is 13.0. The van der Waals surface area contributed by atoms with Crippen molar-refractivity contribution in [2.45, 2.75) is 46.2 Å². The third-order valence-electron chi connectivity index (χ3n) is 4.46. The van der Waals surface area contributed by atoms with Crippen molar-refractivity contribution in [3.05, 3.63) is 70.2 Å². The molecule has 0 bridgehead atoms. The normalized spacial score (nSPS) is 11.7. The van der Waals surface area contributed by atoms with Crippen molar-refractivity contribution < 1.29 is 9.59 Å². The van der Waals surface area contributed by atoms with Crippen LogP contribution in [0.25, 0.3) is 0 Å². The Hall–Kier alpha value is -2.33. The molecule has 0 radical (unpaired) electrons. The topological polar surface area (TPSA) is 49.4 Å². The quantitative estimate of drug-likeness (QED) is 0.741. The smallest absolute Gasteiger partial charge is 0.242 e. The van der Waals surface area contributed by atoms with Gasteiger partial charge >= 0.3 is 0 Å². The molecule has 2 amide bonds. The standard InChI is InChI=1S/C22H27ClN2O2/c1-4-13-24-22(27)17(3)25(15-19-7-5-16(2)6-8-19)21(26)14-18-9-11-20(23)12-10-18/h5-12,17H,4,13-15H2,1-3H3,(H,24,27). The van der Waals surface area contributed by atoms with Gasteiger partial charge in [0.1, 0.15) is 6.04 Å². The van der Waals surface area contributed by atoms with Gasteiger partial charge in [-0.25, -0.2) is 0 Å². The number of carbonyl (C=O) groups is 2. The summed E-state index contributed by atoms with van der Waals surface area (Å²) >= 11 is 5.92. The number of rotatable bonds is 8. The van der Waals surface area contributed by atoms with Gasteiger partial charge in [-0.05, 0) is 43.5 Å². The fraction of sp³-hybridized carbons (Fsp3) is 0.364. The molecule has 0 aromatic heterocycles. The van der Waals surface area contributed by atoms with E-state index in [2.05, 4.69) is 5.32 Å². The lowest BCUT2D eigenvalue weighted by Crippen LogP contribution is -2.48. The predicted molar refractivity (Wildman–Crippen MR) is 110 cm³/mol. The SMILES string of the molecule is CCCNC(=O)C(C)N(Cc1ccc(C)cc1)C(=O)Cc1ccc(Cl)cc1. The van der Waals surface area contributed by atoms with Crippen molar-refractivity contribution in [2.24, 2.45) is 0 Å². The molecule has 2 rings (SSSR count). The molecule has 2 aromatic carbocycles. The average Bonchev–Trinajstić information content (AvgIpc) is 2.66. The molecule has 4 nitrogen and oxygen atoms in total. The van der Waals surface area contributed by atoms with Crippen LogP contribution in [0.15, 0.2) is 48.5 Å². The first kappa shape index (κ1) is 21.0. The Balaban J connectivity index is 2.18. The van der Waals surface area contributed by atoms with Gasteiger partial charge in [-0.1, -0.05) is 60.5 Å². The fourth-order valence-corrected chi connectivity index (χ4v) is 2.87. The van der Waals surface area contributed by atoms with Crippen molar-refractivity contribution in [1.82, 2.24) is 10.2 Å². The summed E-state index contributed by atoms with van der Waals surface area (Å²) in [6.07, 6.45) is 1.09. The second-order valence-electron chi connectivity index (χ2n) is 6.78. The van der Waals surface area contributed by atoms with E-state index in [0.29, 0.717) is 18.1 Å². The second kappa shape index (κ2) is 10.1. The highest BCUT2D eigenvalue weighted by Crippen LogP contribution is 2.15. The number of nitrogens with zero attached hydrogens (tertiary/aromatic N) is 1. The van der Waals surface area contributed by atoms with Gasteiger partial charge in [0.05, 0.1) is 6.42 Å². The van der Waals surface area contributed by atoms with Crippen LogP contribution in [0.3, 0.4) is 0 Å². The van der Waals surface area contributed by atoms with Crippen LogP contribution in [0.1, 0.15) is 37.0 Å². The molecule has 0 heterocycles. The summed E-state index contributed by atoms with van der Waals surface area (Å²) in [6, 6.07) is 14.7. The molecule has 1 unspecified atom stereocenters. The Labute approximate surface area is 166 Å². The fourth-order valence-electron chi connectivity index (χ4n) is 2.75. The van der Waals surface area contributed by atoms with E-state index >= 15 is 0 Å². The molecule has 0 aliphatic rings. The molecule has 0 aliphatic carbocycles. The number of hydrogen-bond donors (Lipinski definition) is 1. The van der Waals surface area contributed by atoms with Gasteiger partial charge in [0.25, 0.3) is 0 Å². The van der Waals surface area contributed by atoms with Crippen molar-refractivity contribution in [3.8, 4) is 0 Å². The third-order valence-corrected chi connectivity index (χ3v) is 4.71. The first-order chi connectivity index (χ1) is 12.9. The predicted octanol–water partition coefficient (Wildman–Crippen LogP) is 4.13. The molecule has 27 heavy (non-hydrogen) atoms. The molecule has 2 aromatic rings. The van der Waals surface area contributed by atoms with Crippen LogP contribution >= 0.6 is 11.6 Å². The Morgan fingerprint density at radius 1 is 1.04 bits per heavy atom. The van der Waals surface area contributed by atoms with Crippen LogP contribution in [0.5, 0.6) is 0 Å². The van der Waals surface area contributed by atoms with Gasteiger partial charge < -0.3 is 10.2 Å². The maximum atomic E-state index is 13.0.